The zero-order valence-electron chi connectivity index (χ0n) is 14.7. The molecule has 0 heterocycles. The summed E-state index contributed by atoms with van der Waals surface area (Å²) < 4.78 is 27.8. The molecule has 0 aromatic heterocycles. The zero-order chi connectivity index (χ0) is 19.2. The van der Waals surface area contributed by atoms with Gasteiger partial charge in [-0.1, -0.05) is 36.4 Å². The molecule has 1 atom stereocenters. The van der Waals surface area contributed by atoms with Gasteiger partial charge in [0.1, 0.15) is 0 Å². The Bertz CT molecular complexity index is 919. The van der Waals surface area contributed by atoms with Crippen LogP contribution in [0.4, 0.5) is 0 Å². The highest BCUT2D eigenvalue weighted by Crippen LogP contribution is 2.18. The Hall–Kier alpha value is -2.69. The van der Waals surface area contributed by atoms with Gasteiger partial charge in [-0.2, -0.15) is 5.26 Å². The van der Waals surface area contributed by atoms with E-state index in [-0.39, 0.29) is 29.5 Å². The summed E-state index contributed by atoms with van der Waals surface area (Å²) >= 11 is 0. The van der Waals surface area contributed by atoms with Crippen LogP contribution in [-0.4, -0.2) is 20.4 Å². The molecule has 0 aliphatic rings. The summed E-state index contributed by atoms with van der Waals surface area (Å²) in [5.74, 6) is -0.410. The monoisotopic (exact) mass is 371 g/mol. The Morgan fingerprint density at radius 1 is 1.19 bits per heavy atom. The number of rotatable bonds is 7. The van der Waals surface area contributed by atoms with E-state index in [1.54, 1.807) is 26.0 Å². The Morgan fingerprint density at radius 2 is 1.88 bits per heavy atom. The van der Waals surface area contributed by atoms with E-state index in [2.05, 4.69) is 10.0 Å². The summed E-state index contributed by atoms with van der Waals surface area (Å²) in [4.78, 5) is 12.3. The van der Waals surface area contributed by atoms with E-state index in [1.807, 2.05) is 36.4 Å². The van der Waals surface area contributed by atoms with Crippen LogP contribution in [0.2, 0.25) is 0 Å². The molecule has 0 radical (unpaired) electrons. The first-order valence-corrected chi connectivity index (χ1v) is 9.64. The molecule has 0 aliphatic heterocycles. The minimum absolute atomic E-state index is 0.0639. The predicted molar refractivity (Wildman–Crippen MR) is 98.8 cm³/mol. The highest BCUT2D eigenvalue weighted by molar-refractivity contribution is 7.89. The highest BCUT2D eigenvalue weighted by atomic mass is 32.2. The van der Waals surface area contributed by atoms with Crippen molar-refractivity contribution in [2.45, 2.75) is 37.8 Å². The molecule has 2 aromatic rings. The first kappa shape index (κ1) is 19.6. The maximum absolute atomic E-state index is 12.6. The molecule has 1 amide bonds. The molecule has 0 aliphatic carbocycles. The first-order valence-electron chi connectivity index (χ1n) is 8.15. The molecule has 0 fully saturated rings. The Morgan fingerprint density at radius 3 is 2.54 bits per heavy atom. The maximum Gasteiger partial charge on any atom is 0.251 e. The minimum atomic E-state index is -3.77. The summed E-state index contributed by atoms with van der Waals surface area (Å²) in [5, 5.41) is 11.3. The standard InChI is InChI=1S/C19H21N3O3S/c1-14-8-9-17(19(23)22-15(2)10-11-20)12-18(14)26(24,25)21-13-16-6-4-3-5-7-16/h3-9,12,15,21H,10,13H2,1-2H3,(H,22,23)/t15-/m0/s1. The second kappa shape index (κ2) is 8.61. The van der Waals surface area contributed by atoms with Crippen molar-refractivity contribution in [3.05, 3.63) is 65.2 Å². The van der Waals surface area contributed by atoms with E-state index in [0.717, 1.165) is 5.56 Å². The molecule has 6 nitrogen and oxygen atoms in total. The van der Waals surface area contributed by atoms with E-state index >= 15 is 0 Å². The van der Waals surface area contributed by atoms with Crippen LogP contribution in [0.15, 0.2) is 53.4 Å². The number of benzene rings is 2. The third-order valence-corrected chi connectivity index (χ3v) is 5.37. The number of nitrogens with zero attached hydrogens (tertiary/aromatic N) is 1. The number of hydrogen-bond donors (Lipinski definition) is 2. The molecule has 136 valence electrons. The quantitative estimate of drug-likeness (QED) is 0.781. The fourth-order valence-corrected chi connectivity index (χ4v) is 3.66. The van der Waals surface area contributed by atoms with Crippen LogP contribution in [0.3, 0.4) is 0 Å². The van der Waals surface area contributed by atoms with Crippen LogP contribution in [0, 0.1) is 18.3 Å². The van der Waals surface area contributed by atoms with Gasteiger partial charge in [0.2, 0.25) is 10.0 Å². The number of nitriles is 1. The van der Waals surface area contributed by atoms with Crippen LogP contribution >= 0.6 is 0 Å². The van der Waals surface area contributed by atoms with E-state index in [4.69, 9.17) is 5.26 Å². The molecule has 0 saturated carbocycles. The SMILES string of the molecule is Cc1ccc(C(=O)N[C@@H](C)CC#N)cc1S(=O)(=O)NCc1ccccc1. The summed E-state index contributed by atoms with van der Waals surface area (Å²) in [6.45, 7) is 3.56. The van der Waals surface area contributed by atoms with Crippen LogP contribution in [0.25, 0.3) is 0 Å². The van der Waals surface area contributed by atoms with Crippen LogP contribution in [-0.2, 0) is 16.6 Å². The van der Waals surface area contributed by atoms with E-state index in [1.165, 1.54) is 6.07 Å². The van der Waals surface area contributed by atoms with Crippen molar-refractivity contribution in [2.75, 3.05) is 0 Å². The number of carbonyl (C=O) groups is 1. The lowest BCUT2D eigenvalue weighted by molar-refractivity contribution is 0.0940. The van der Waals surface area contributed by atoms with Gasteiger partial charge < -0.3 is 5.32 Å². The summed E-state index contributed by atoms with van der Waals surface area (Å²) in [7, 11) is -3.77. The Balaban J connectivity index is 2.20. The first-order chi connectivity index (χ1) is 12.3. The summed E-state index contributed by atoms with van der Waals surface area (Å²) in [6, 6.07) is 15.4. The Kier molecular flexibility index (Phi) is 6.50. The lowest BCUT2D eigenvalue weighted by Crippen LogP contribution is -2.32. The number of hydrogen-bond acceptors (Lipinski definition) is 4. The van der Waals surface area contributed by atoms with Crippen LogP contribution < -0.4 is 10.0 Å². The van der Waals surface area contributed by atoms with Crippen molar-refractivity contribution >= 4 is 15.9 Å². The molecular weight excluding hydrogens is 350 g/mol. The molecular formula is C19H21N3O3S. The van der Waals surface area contributed by atoms with Gasteiger partial charge in [-0.3, -0.25) is 4.79 Å². The number of sulfonamides is 1. The molecule has 0 spiro atoms. The van der Waals surface area contributed by atoms with Gasteiger partial charge in [0.15, 0.2) is 0 Å². The molecule has 7 heteroatoms. The van der Waals surface area contributed by atoms with Gasteiger partial charge in [0.25, 0.3) is 5.91 Å². The second-order valence-corrected chi connectivity index (χ2v) is 7.76. The topological polar surface area (TPSA) is 99.1 Å². The highest BCUT2D eigenvalue weighted by Gasteiger charge is 2.19. The molecule has 26 heavy (non-hydrogen) atoms. The average molecular weight is 371 g/mol. The second-order valence-electron chi connectivity index (χ2n) is 6.03. The number of nitrogens with one attached hydrogen (secondary N) is 2. The van der Waals surface area contributed by atoms with Crippen molar-refractivity contribution < 1.29 is 13.2 Å². The summed E-state index contributed by atoms with van der Waals surface area (Å²) in [5.41, 5.74) is 1.63. The number of amides is 1. The average Bonchev–Trinajstić information content (AvgIpc) is 2.61. The Labute approximate surface area is 153 Å². The predicted octanol–water partition coefficient (Wildman–Crippen LogP) is 2.51. The van der Waals surface area contributed by atoms with Gasteiger partial charge in [-0.15, -0.1) is 0 Å². The fourth-order valence-electron chi connectivity index (χ4n) is 2.38. The third kappa shape index (κ3) is 5.15. The van der Waals surface area contributed by atoms with Gasteiger partial charge in [0, 0.05) is 18.2 Å². The normalized spacial score (nSPS) is 12.2. The fraction of sp³-hybridized carbons (Fsp3) is 0.263. The molecule has 2 aromatic carbocycles. The number of carbonyl (C=O) groups excluding carboxylic acids is 1. The number of aryl methyl sites for hydroxylation is 1. The van der Waals surface area contributed by atoms with Crippen LogP contribution in [0.5, 0.6) is 0 Å². The van der Waals surface area contributed by atoms with Gasteiger partial charge in [-0.05, 0) is 37.1 Å². The van der Waals surface area contributed by atoms with Gasteiger partial charge >= 0.3 is 0 Å². The smallest absolute Gasteiger partial charge is 0.251 e. The molecule has 2 rings (SSSR count). The molecule has 0 unspecified atom stereocenters. The zero-order valence-corrected chi connectivity index (χ0v) is 15.5. The van der Waals surface area contributed by atoms with Crippen molar-refractivity contribution in [3.8, 4) is 6.07 Å². The molecule has 0 saturated heterocycles. The lowest BCUT2D eigenvalue weighted by atomic mass is 10.1. The maximum atomic E-state index is 12.6. The largest absolute Gasteiger partial charge is 0.349 e. The minimum Gasteiger partial charge on any atom is -0.349 e. The lowest BCUT2D eigenvalue weighted by Gasteiger charge is -2.13. The van der Waals surface area contributed by atoms with E-state index in [9.17, 15) is 13.2 Å². The van der Waals surface area contributed by atoms with E-state index < -0.39 is 15.9 Å². The van der Waals surface area contributed by atoms with Gasteiger partial charge in [-0.25, -0.2) is 13.1 Å². The van der Waals surface area contributed by atoms with E-state index in [0.29, 0.717) is 5.56 Å². The summed E-state index contributed by atoms with van der Waals surface area (Å²) in [6.07, 6.45) is 0.182. The van der Waals surface area contributed by atoms with Crippen molar-refractivity contribution in [2.24, 2.45) is 0 Å². The third-order valence-electron chi connectivity index (χ3n) is 3.82. The van der Waals surface area contributed by atoms with Crippen molar-refractivity contribution in [3.63, 3.8) is 0 Å². The molecule has 2 N–H and O–H groups in total. The van der Waals surface area contributed by atoms with Gasteiger partial charge in [0.05, 0.1) is 17.4 Å². The molecule has 0 bridgehead atoms. The van der Waals surface area contributed by atoms with Crippen molar-refractivity contribution in [1.82, 2.24) is 10.0 Å². The van der Waals surface area contributed by atoms with Crippen molar-refractivity contribution in [1.29, 1.82) is 5.26 Å². The van der Waals surface area contributed by atoms with Crippen LogP contribution in [0.1, 0.15) is 34.8 Å².